The Bertz CT molecular complexity index is 575. The van der Waals surface area contributed by atoms with E-state index in [2.05, 4.69) is 5.32 Å². The van der Waals surface area contributed by atoms with Crippen LogP contribution in [0, 0.1) is 11.3 Å². The average molecular weight is 279 g/mol. The third-order valence-electron chi connectivity index (χ3n) is 3.38. The molecular weight excluding hydrogens is 262 g/mol. The molecule has 1 aliphatic heterocycles. The third kappa shape index (κ3) is 3.32. The van der Waals surface area contributed by atoms with E-state index in [1.165, 1.54) is 4.31 Å². The first-order valence-corrected chi connectivity index (χ1v) is 7.80. The van der Waals surface area contributed by atoms with Crippen molar-refractivity contribution < 1.29 is 8.42 Å². The van der Waals surface area contributed by atoms with Crippen molar-refractivity contribution in [2.75, 3.05) is 20.1 Å². The van der Waals surface area contributed by atoms with Crippen molar-refractivity contribution in [3.8, 4) is 6.07 Å². The SMILES string of the molecule is CNC1CCN(S(=O)(=O)Cc2ccc(C#N)cc2)C1. The molecule has 2 rings (SSSR count). The fourth-order valence-electron chi connectivity index (χ4n) is 2.19. The molecule has 19 heavy (non-hydrogen) atoms. The van der Waals surface area contributed by atoms with E-state index in [1.807, 2.05) is 13.1 Å². The van der Waals surface area contributed by atoms with Crippen molar-refractivity contribution in [1.82, 2.24) is 9.62 Å². The van der Waals surface area contributed by atoms with E-state index >= 15 is 0 Å². The number of nitriles is 1. The van der Waals surface area contributed by atoms with Crippen LogP contribution in [0.4, 0.5) is 0 Å². The number of nitrogens with one attached hydrogen (secondary N) is 1. The van der Waals surface area contributed by atoms with Gasteiger partial charge in [-0.3, -0.25) is 0 Å². The lowest BCUT2D eigenvalue weighted by Crippen LogP contribution is -2.34. The van der Waals surface area contributed by atoms with Crippen LogP contribution in [-0.4, -0.2) is 38.9 Å². The highest BCUT2D eigenvalue weighted by molar-refractivity contribution is 7.88. The highest BCUT2D eigenvalue weighted by Gasteiger charge is 2.30. The predicted molar refractivity (Wildman–Crippen MR) is 72.8 cm³/mol. The van der Waals surface area contributed by atoms with Gasteiger partial charge in [-0.05, 0) is 31.2 Å². The second-order valence-electron chi connectivity index (χ2n) is 4.70. The lowest BCUT2D eigenvalue weighted by molar-refractivity contribution is 0.464. The molecule has 1 heterocycles. The maximum atomic E-state index is 12.3. The van der Waals surface area contributed by atoms with Crippen LogP contribution in [0.5, 0.6) is 0 Å². The van der Waals surface area contributed by atoms with E-state index in [9.17, 15) is 8.42 Å². The minimum atomic E-state index is -3.27. The van der Waals surface area contributed by atoms with Gasteiger partial charge in [0.1, 0.15) is 0 Å². The molecule has 1 aromatic rings. The molecule has 0 amide bonds. The first-order chi connectivity index (χ1) is 9.05. The summed E-state index contributed by atoms with van der Waals surface area (Å²) in [5.41, 5.74) is 1.25. The Morgan fingerprint density at radius 2 is 2.11 bits per heavy atom. The fourth-order valence-corrected chi connectivity index (χ4v) is 3.78. The molecule has 1 saturated heterocycles. The largest absolute Gasteiger partial charge is 0.316 e. The summed E-state index contributed by atoms with van der Waals surface area (Å²) in [6, 6.07) is 8.94. The van der Waals surface area contributed by atoms with Gasteiger partial charge in [0.25, 0.3) is 0 Å². The molecule has 1 N–H and O–H groups in total. The third-order valence-corrected chi connectivity index (χ3v) is 5.20. The van der Waals surface area contributed by atoms with E-state index < -0.39 is 10.0 Å². The van der Waals surface area contributed by atoms with Crippen LogP contribution in [0.2, 0.25) is 0 Å². The lowest BCUT2D eigenvalue weighted by Gasteiger charge is -2.16. The van der Waals surface area contributed by atoms with Crippen LogP contribution in [0.25, 0.3) is 0 Å². The molecule has 0 radical (unpaired) electrons. The fraction of sp³-hybridized carbons (Fsp3) is 0.462. The van der Waals surface area contributed by atoms with Crippen LogP contribution in [0.1, 0.15) is 17.5 Å². The maximum absolute atomic E-state index is 12.3. The number of hydrogen-bond donors (Lipinski definition) is 1. The monoisotopic (exact) mass is 279 g/mol. The normalized spacial score (nSPS) is 20.3. The van der Waals surface area contributed by atoms with Crippen LogP contribution in [-0.2, 0) is 15.8 Å². The number of nitrogens with zero attached hydrogens (tertiary/aromatic N) is 2. The number of rotatable bonds is 4. The Kier molecular flexibility index (Phi) is 4.20. The molecule has 0 aromatic heterocycles. The molecular formula is C13H17N3O2S. The summed E-state index contributed by atoms with van der Waals surface area (Å²) in [7, 11) is -1.42. The molecule has 1 unspecified atom stereocenters. The summed E-state index contributed by atoms with van der Waals surface area (Å²) in [6.07, 6.45) is 0.850. The Balaban J connectivity index is 2.07. The van der Waals surface area contributed by atoms with Crippen molar-refractivity contribution in [3.63, 3.8) is 0 Å². The maximum Gasteiger partial charge on any atom is 0.218 e. The number of sulfonamides is 1. The van der Waals surface area contributed by atoms with Crippen LogP contribution in [0.3, 0.4) is 0 Å². The highest BCUT2D eigenvalue weighted by Crippen LogP contribution is 2.17. The topological polar surface area (TPSA) is 73.2 Å². The molecule has 0 saturated carbocycles. The average Bonchev–Trinajstić information content (AvgIpc) is 2.89. The molecule has 0 aliphatic carbocycles. The minimum Gasteiger partial charge on any atom is -0.316 e. The second-order valence-corrected chi connectivity index (χ2v) is 6.67. The van der Waals surface area contributed by atoms with Crippen LogP contribution >= 0.6 is 0 Å². The summed E-state index contributed by atoms with van der Waals surface area (Å²) in [5.74, 6) is -0.00482. The molecule has 1 aromatic carbocycles. The van der Waals surface area contributed by atoms with Gasteiger partial charge < -0.3 is 5.32 Å². The van der Waals surface area contributed by atoms with Gasteiger partial charge in [0.15, 0.2) is 0 Å². The summed E-state index contributed by atoms with van der Waals surface area (Å²) >= 11 is 0. The van der Waals surface area contributed by atoms with E-state index in [1.54, 1.807) is 24.3 Å². The van der Waals surface area contributed by atoms with Gasteiger partial charge in [0.2, 0.25) is 10.0 Å². The zero-order chi connectivity index (χ0) is 13.9. The van der Waals surface area contributed by atoms with Gasteiger partial charge in [-0.15, -0.1) is 0 Å². The summed E-state index contributed by atoms with van der Waals surface area (Å²) in [5, 5.41) is 11.8. The van der Waals surface area contributed by atoms with Crippen molar-refractivity contribution in [1.29, 1.82) is 5.26 Å². The van der Waals surface area contributed by atoms with E-state index in [4.69, 9.17) is 5.26 Å². The molecule has 102 valence electrons. The number of likely N-dealkylation sites (N-methyl/N-ethyl adjacent to an activating group) is 1. The first kappa shape index (κ1) is 14.0. The second kappa shape index (κ2) is 5.70. The summed E-state index contributed by atoms with van der Waals surface area (Å²) in [4.78, 5) is 0. The van der Waals surface area contributed by atoms with Crippen molar-refractivity contribution in [2.24, 2.45) is 0 Å². The van der Waals surface area contributed by atoms with Crippen molar-refractivity contribution in [3.05, 3.63) is 35.4 Å². The Morgan fingerprint density at radius 1 is 1.42 bits per heavy atom. The summed E-state index contributed by atoms with van der Waals surface area (Å²) < 4.78 is 26.0. The van der Waals surface area contributed by atoms with E-state index in [0.29, 0.717) is 24.2 Å². The van der Waals surface area contributed by atoms with Crippen LogP contribution in [0.15, 0.2) is 24.3 Å². The smallest absolute Gasteiger partial charge is 0.218 e. The number of benzene rings is 1. The Hall–Kier alpha value is -1.42. The van der Waals surface area contributed by atoms with E-state index in [-0.39, 0.29) is 11.8 Å². The van der Waals surface area contributed by atoms with Crippen molar-refractivity contribution in [2.45, 2.75) is 18.2 Å². The zero-order valence-electron chi connectivity index (χ0n) is 10.8. The van der Waals surface area contributed by atoms with Crippen LogP contribution < -0.4 is 5.32 Å². The zero-order valence-corrected chi connectivity index (χ0v) is 11.7. The van der Waals surface area contributed by atoms with Gasteiger partial charge in [-0.2, -0.15) is 5.26 Å². The molecule has 1 fully saturated rings. The molecule has 0 bridgehead atoms. The van der Waals surface area contributed by atoms with Gasteiger partial charge in [0.05, 0.1) is 17.4 Å². The van der Waals surface area contributed by atoms with Gasteiger partial charge in [0, 0.05) is 19.1 Å². The van der Waals surface area contributed by atoms with E-state index in [0.717, 1.165) is 6.42 Å². The van der Waals surface area contributed by atoms with Gasteiger partial charge >= 0.3 is 0 Å². The Labute approximate surface area is 113 Å². The quantitative estimate of drug-likeness (QED) is 0.879. The van der Waals surface area contributed by atoms with Gasteiger partial charge in [-0.1, -0.05) is 12.1 Å². The summed E-state index contributed by atoms with van der Waals surface area (Å²) in [6.45, 7) is 1.11. The minimum absolute atomic E-state index is 0.00482. The molecule has 6 heteroatoms. The van der Waals surface area contributed by atoms with Gasteiger partial charge in [-0.25, -0.2) is 12.7 Å². The number of hydrogen-bond acceptors (Lipinski definition) is 4. The highest BCUT2D eigenvalue weighted by atomic mass is 32.2. The molecule has 1 aliphatic rings. The molecule has 5 nitrogen and oxygen atoms in total. The lowest BCUT2D eigenvalue weighted by atomic mass is 10.2. The first-order valence-electron chi connectivity index (χ1n) is 6.19. The predicted octanol–water partition coefficient (Wildman–Crippen LogP) is 0.682. The molecule has 1 atom stereocenters. The van der Waals surface area contributed by atoms with Crippen molar-refractivity contribution >= 4 is 10.0 Å². The standard InChI is InChI=1S/C13H17N3O2S/c1-15-13-6-7-16(9-13)19(17,18)10-12-4-2-11(8-14)3-5-12/h2-5,13,15H,6-7,9-10H2,1H3. The molecule has 0 spiro atoms. The Morgan fingerprint density at radius 3 is 2.63 bits per heavy atom.